The number of anilines is 1. The molecule has 3 rings (SSSR count). The Morgan fingerprint density at radius 3 is 2.25 bits per heavy atom. The lowest BCUT2D eigenvalue weighted by Gasteiger charge is -2.14. The predicted molar refractivity (Wildman–Crippen MR) is 99.3 cm³/mol. The molecule has 1 aromatic rings. The second kappa shape index (κ2) is 8.69. The highest BCUT2D eigenvalue weighted by molar-refractivity contribution is 6.05. The number of methoxy groups -OCH3 is 1. The number of allylic oxidation sites excluding steroid dienone is 2. The van der Waals surface area contributed by atoms with Gasteiger partial charge in [0.05, 0.1) is 25.4 Å². The first-order valence-electron chi connectivity index (χ1n) is 9.09. The van der Waals surface area contributed by atoms with Crippen molar-refractivity contribution in [2.24, 2.45) is 11.8 Å². The zero-order chi connectivity index (χ0) is 20.1. The van der Waals surface area contributed by atoms with Crippen LogP contribution in [0.4, 0.5) is 5.69 Å². The number of nitrogens with zero attached hydrogens (tertiary/aromatic N) is 1. The Bertz CT molecular complexity index is 775. The summed E-state index contributed by atoms with van der Waals surface area (Å²) in [6, 6.07) is 6.71. The largest absolute Gasteiger partial charge is 0.497 e. The smallest absolute Gasteiger partial charge is 0.308 e. The number of esters is 1. The van der Waals surface area contributed by atoms with E-state index in [1.54, 1.807) is 31.4 Å². The summed E-state index contributed by atoms with van der Waals surface area (Å²) >= 11 is 0. The summed E-state index contributed by atoms with van der Waals surface area (Å²) in [5.74, 6) is -1.56. The summed E-state index contributed by atoms with van der Waals surface area (Å²) in [4.78, 5) is 49.5. The van der Waals surface area contributed by atoms with Crippen LogP contribution in [-0.4, -0.2) is 48.9 Å². The molecule has 1 aliphatic carbocycles. The lowest BCUT2D eigenvalue weighted by molar-refractivity contribution is -0.148. The zero-order valence-corrected chi connectivity index (χ0v) is 15.6. The van der Waals surface area contributed by atoms with Crippen LogP contribution in [0.5, 0.6) is 5.75 Å². The SMILES string of the molecule is COc1ccc(NC(=O)COC(=O)CCN2C(=O)[C@@H]3CC=CC[C@H]3C2=O)cc1. The monoisotopic (exact) mass is 386 g/mol. The molecule has 1 fully saturated rings. The Morgan fingerprint density at radius 2 is 1.68 bits per heavy atom. The summed E-state index contributed by atoms with van der Waals surface area (Å²) in [6.07, 6.45) is 4.79. The summed E-state index contributed by atoms with van der Waals surface area (Å²) in [6.45, 7) is -0.467. The van der Waals surface area contributed by atoms with Crippen molar-refractivity contribution >= 4 is 29.4 Å². The fourth-order valence-electron chi connectivity index (χ4n) is 3.38. The Balaban J connectivity index is 1.41. The highest BCUT2D eigenvalue weighted by Gasteiger charge is 2.46. The maximum absolute atomic E-state index is 12.3. The Kier molecular flexibility index (Phi) is 6.08. The molecule has 1 aromatic carbocycles. The molecule has 1 heterocycles. The number of ether oxygens (including phenoxy) is 2. The van der Waals surface area contributed by atoms with E-state index >= 15 is 0 Å². The molecule has 0 saturated carbocycles. The number of rotatable bonds is 7. The molecule has 2 atom stereocenters. The molecule has 0 unspecified atom stereocenters. The topological polar surface area (TPSA) is 102 Å². The first kappa shape index (κ1) is 19.6. The molecule has 8 nitrogen and oxygen atoms in total. The van der Waals surface area contributed by atoms with Crippen molar-refractivity contribution in [3.05, 3.63) is 36.4 Å². The number of nitrogens with one attached hydrogen (secondary N) is 1. The normalized spacial score (nSPS) is 20.7. The minimum Gasteiger partial charge on any atom is -0.497 e. The first-order chi connectivity index (χ1) is 13.5. The van der Waals surface area contributed by atoms with Gasteiger partial charge in [0.1, 0.15) is 5.75 Å². The number of carbonyl (C=O) groups is 4. The number of fused-ring (bicyclic) bond motifs is 1. The van der Waals surface area contributed by atoms with Gasteiger partial charge in [-0.15, -0.1) is 0 Å². The van der Waals surface area contributed by atoms with Crippen molar-refractivity contribution in [2.75, 3.05) is 25.6 Å². The van der Waals surface area contributed by atoms with E-state index in [1.165, 1.54) is 0 Å². The fourth-order valence-corrected chi connectivity index (χ4v) is 3.38. The highest BCUT2D eigenvalue weighted by atomic mass is 16.5. The molecule has 2 aliphatic rings. The molecule has 0 bridgehead atoms. The molecule has 1 N–H and O–H groups in total. The van der Waals surface area contributed by atoms with E-state index in [0.29, 0.717) is 24.3 Å². The maximum Gasteiger partial charge on any atom is 0.308 e. The number of benzene rings is 1. The van der Waals surface area contributed by atoms with Crippen molar-refractivity contribution in [3.8, 4) is 5.75 Å². The van der Waals surface area contributed by atoms with Crippen LogP contribution in [0.25, 0.3) is 0 Å². The van der Waals surface area contributed by atoms with Crippen LogP contribution < -0.4 is 10.1 Å². The van der Waals surface area contributed by atoms with E-state index < -0.39 is 18.5 Å². The third kappa shape index (κ3) is 4.39. The minimum absolute atomic E-state index is 0.0242. The number of likely N-dealkylation sites (tertiary alicyclic amines) is 1. The highest BCUT2D eigenvalue weighted by Crippen LogP contribution is 2.34. The van der Waals surface area contributed by atoms with E-state index in [9.17, 15) is 19.2 Å². The summed E-state index contributed by atoms with van der Waals surface area (Å²) < 4.78 is 9.96. The Labute approximate surface area is 162 Å². The summed E-state index contributed by atoms with van der Waals surface area (Å²) in [5, 5.41) is 2.60. The lowest BCUT2D eigenvalue weighted by Crippen LogP contribution is -2.33. The van der Waals surface area contributed by atoms with Crippen LogP contribution in [0.1, 0.15) is 19.3 Å². The quantitative estimate of drug-likeness (QED) is 0.433. The standard InChI is InChI=1S/C20H22N2O6/c1-27-14-8-6-13(7-9-14)21-17(23)12-28-18(24)10-11-22-19(25)15-4-2-3-5-16(15)20(22)26/h2-3,6-9,15-16H,4-5,10-12H2,1H3,(H,21,23)/t15-,16-/m1/s1. The average molecular weight is 386 g/mol. The average Bonchev–Trinajstić information content (AvgIpc) is 2.96. The van der Waals surface area contributed by atoms with Gasteiger partial charge in [-0.25, -0.2) is 0 Å². The molecule has 1 saturated heterocycles. The summed E-state index contributed by atoms with van der Waals surface area (Å²) in [5.41, 5.74) is 0.548. The molecule has 28 heavy (non-hydrogen) atoms. The Morgan fingerprint density at radius 1 is 1.07 bits per heavy atom. The van der Waals surface area contributed by atoms with Gasteiger partial charge in [-0.1, -0.05) is 12.2 Å². The van der Waals surface area contributed by atoms with Gasteiger partial charge in [-0.3, -0.25) is 24.1 Å². The van der Waals surface area contributed by atoms with E-state index in [-0.39, 0.29) is 36.6 Å². The number of carbonyl (C=O) groups excluding carboxylic acids is 4. The molecule has 8 heteroatoms. The lowest BCUT2D eigenvalue weighted by atomic mass is 9.85. The summed E-state index contributed by atoms with van der Waals surface area (Å²) in [7, 11) is 1.54. The number of hydrogen-bond acceptors (Lipinski definition) is 6. The van der Waals surface area contributed by atoms with E-state index in [4.69, 9.17) is 9.47 Å². The van der Waals surface area contributed by atoms with Gasteiger partial charge in [-0.05, 0) is 37.1 Å². The van der Waals surface area contributed by atoms with Gasteiger partial charge in [0, 0.05) is 12.2 Å². The van der Waals surface area contributed by atoms with Gasteiger partial charge in [-0.2, -0.15) is 0 Å². The molecule has 3 amide bonds. The van der Waals surface area contributed by atoms with Crippen LogP contribution in [0, 0.1) is 11.8 Å². The van der Waals surface area contributed by atoms with Crippen LogP contribution >= 0.6 is 0 Å². The number of amides is 3. The van der Waals surface area contributed by atoms with E-state index in [1.807, 2.05) is 12.2 Å². The molecular weight excluding hydrogens is 364 g/mol. The predicted octanol–water partition coefficient (Wildman–Crippen LogP) is 1.52. The van der Waals surface area contributed by atoms with E-state index in [0.717, 1.165) is 4.90 Å². The second-order valence-corrected chi connectivity index (χ2v) is 6.67. The maximum atomic E-state index is 12.3. The third-order valence-corrected chi connectivity index (χ3v) is 4.88. The van der Waals surface area contributed by atoms with Gasteiger partial charge >= 0.3 is 5.97 Å². The van der Waals surface area contributed by atoms with Gasteiger partial charge in [0.25, 0.3) is 5.91 Å². The molecule has 0 spiro atoms. The van der Waals surface area contributed by atoms with Crippen LogP contribution in [0.3, 0.4) is 0 Å². The number of hydrogen-bond donors (Lipinski definition) is 1. The van der Waals surface area contributed by atoms with E-state index in [2.05, 4.69) is 5.32 Å². The molecule has 1 aliphatic heterocycles. The van der Waals surface area contributed by atoms with Crippen molar-refractivity contribution in [1.82, 2.24) is 4.90 Å². The van der Waals surface area contributed by atoms with Gasteiger partial charge in [0.2, 0.25) is 11.8 Å². The minimum atomic E-state index is -0.640. The third-order valence-electron chi connectivity index (χ3n) is 4.88. The van der Waals surface area contributed by atoms with Crippen LogP contribution in [0.15, 0.2) is 36.4 Å². The molecule has 0 aromatic heterocycles. The van der Waals surface area contributed by atoms with Crippen molar-refractivity contribution in [1.29, 1.82) is 0 Å². The molecular formula is C20H22N2O6. The molecule has 0 radical (unpaired) electrons. The second-order valence-electron chi connectivity index (χ2n) is 6.67. The van der Waals surface area contributed by atoms with Gasteiger partial charge < -0.3 is 14.8 Å². The first-order valence-corrected chi connectivity index (χ1v) is 9.09. The fraction of sp³-hybridized carbons (Fsp3) is 0.400. The zero-order valence-electron chi connectivity index (χ0n) is 15.6. The van der Waals surface area contributed by atoms with Crippen molar-refractivity contribution in [2.45, 2.75) is 19.3 Å². The Hall–Kier alpha value is -3.16. The van der Waals surface area contributed by atoms with Crippen molar-refractivity contribution < 1.29 is 28.7 Å². The van der Waals surface area contributed by atoms with Crippen LogP contribution in [0.2, 0.25) is 0 Å². The molecule has 148 valence electrons. The van der Waals surface area contributed by atoms with Crippen molar-refractivity contribution in [3.63, 3.8) is 0 Å². The van der Waals surface area contributed by atoms with Crippen LogP contribution in [-0.2, 0) is 23.9 Å². The van der Waals surface area contributed by atoms with Gasteiger partial charge in [0.15, 0.2) is 6.61 Å². The number of imide groups is 1.